The first-order chi connectivity index (χ1) is 8.72. The zero-order valence-corrected chi connectivity index (χ0v) is 11.7. The lowest BCUT2D eigenvalue weighted by Gasteiger charge is -2.32. The quantitative estimate of drug-likeness (QED) is 0.713. The average Bonchev–Trinajstić information content (AvgIpc) is 2.98. The number of rotatable bonds is 7. The molecule has 18 heavy (non-hydrogen) atoms. The molecule has 2 N–H and O–H groups in total. The average molecular weight is 256 g/mol. The van der Waals surface area contributed by atoms with Gasteiger partial charge in [-0.3, -0.25) is 4.90 Å². The highest BCUT2D eigenvalue weighted by atomic mass is 16.5. The number of methoxy groups -OCH3 is 1. The van der Waals surface area contributed by atoms with Crippen LogP contribution in [0.15, 0.2) is 0 Å². The molecule has 106 valence electrons. The number of hydrogen-bond acceptors (Lipinski definition) is 4. The SMILES string of the molecule is COCCN(CC1CCCN1)CC1(O)CCCC1. The zero-order chi connectivity index (χ0) is 12.8. The molecule has 1 atom stereocenters. The van der Waals surface area contributed by atoms with Crippen LogP contribution in [0.25, 0.3) is 0 Å². The maximum absolute atomic E-state index is 10.5. The third-order valence-corrected chi connectivity index (χ3v) is 4.30. The first-order valence-electron chi connectivity index (χ1n) is 7.39. The van der Waals surface area contributed by atoms with E-state index in [4.69, 9.17) is 4.74 Å². The summed E-state index contributed by atoms with van der Waals surface area (Å²) < 4.78 is 5.19. The van der Waals surface area contributed by atoms with Gasteiger partial charge in [-0.2, -0.15) is 0 Å². The van der Waals surface area contributed by atoms with E-state index >= 15 is 0 Å². The van der Waals surface area contributed by atoms with Gasteiger partial charge in [-0.25, -0.2) is 0 Å². The first-order valence-corrected chi connectivity index (χ1v) is 7.39. The Morgan fingerprint density at radius 1 is 1.33 bits per heavy atom. The van der Waals surface area contributed by atoms with Gasteiger partial charge in [-0.15, -0.1) is 0 Å². The molecule has 4 heteroatoms. The van der Waals surface area contributed by atoms with Crippen LogP contribution in [0.3, 0.4) is 0 Å². The molecule has 1 heterocycles. The topological polar surface area (TPSA) is 44.7 Å². The monoisotopic (exact) mass is 256 g/mol. The minimum absolute atomic E-state index is 0.438. The normalized spacial score (nSPS) is 27.2. The van der Waals surface area contributed by atoms with Gasteiger partial charge in [0, 0.05) is 32.8 Å². The summed E-state index contributed by atoms with van der Waals surface area (Å²) in [5.74, 6) is 0. The summed E-state index contributed by atoms with van der Waals surface area (Å²) in [5, 5.41) is 14.1. The highest BCUT2D eigenvalue weighted by Gasteiger charge is 2.33. The van der Waals surface area contributed by atoms with Crippen molar-refractivity contribution in [1.29, 1.82) is 0 Å². The highest BCUT2D eigenvalue weighted by Crippen LogP contribution is 2.30. The van der Waals surface area contributed by atoms with E-state index in [0.29, 0.717) is 6.04 Å². The molecule has 2 rings (SSSR count). The fraction of sp³-hybridized carbons (Fsp3) is 1.00. The second kappa shape index (κ2) is 6.85. The van der Waals surface area contributed by atoms with Crippen LogP contribution >= 0.6 is 0 Å². The molecule has 0 aromatic rings. The van der Waals surface area contributed by atoms with Crippen LogP contribution in [0.1, 0.15) is 38.5 Å². The Kier molecular flexibility index (Phi) is 5.42. The van der Waals surface area contributed by atoms with Gasteiger partial charge in [0.15, 0.2) is 0 Å². The van der Waals surface area contributed by atoms with Gasteiger partial charge in [0.25, 0.3) is 0 Å². The van der Waals surface area contributed by atoms with Crippen molar-refractivity contribution in [2.75, 3.05) is 39.9 Å². The zero-order valence-electron chi connectivity index (χ0n) is 11.7. The lowest BCUT2D eigenvalue weighted by Crippen LogP contribution is -2.47. The van der Waals surface area contributed by atoms with E-state index in [-0.39, 0.29) is 0 Å². The van der Waals surface area contributed by atoms with Crippen molar-refractivity contribution in [3.63, 3.8) is 0 Å². The van der Waals surface area contributed by atoms with Gasteiger partial charge >= 0.3 is 0 Å². The number of aliphatic hydroxyl groups is 1. The highest BCUT2D eigenvalue weighted by molar-refractivity contribution is 4.89. The lowest BCUT2D eigenvalue weighted by atomic mass is 10.0. The van der Waals surface area contributed by atoms with Crippen LogP contribution in [-0.2, 0) is 4.74 Å². The fourth-order valence-corrected chi connectivity index (χ4v) is 3.29. The molecule has 0 radical (unpaired) electrons. The molecule has 1 saturated carbocycles. The van der Waals surface area contributed by atoms with Crippen molar-refractivity contribution in [1.82, 2.24) is 10.2 Å². The fourth-order valence-electron chi connectivity index (χ4n) is 3.29. The Bertz CT molecular complexity index is 236. The first kappa shape index (κ1) is 14.3. The van der Waals surface area contributed by atoms with Gasteiger partial charge in [-0.05, 0) is 32.2 Å². The second-order valence-electron chi connectivity index (χ2n) is 5.95. The van der Waals surface area contributed by atoms with Crippen molar-refractivity contribution < 1.29 is 9.84 Å². The molecule has 0 aromatic heterocycles. The van der Waals surface area contributed by atoms with Crippen LogP contribution in [0.5, 0.6) is 0 Å². The summed E-state index contributed by atoms with van der Waals surface area (Å²) in [6.45, 7) is 4.69. The van der Waals surface area contributed by atoms with Crippen molar-refractivity contribution in [3.8, 4) is 0 Å². The Morgan fingerprint density at radius 3 is 2.72 bits per heavy atom. The van der Waals surface area contributed by atoms with Crippen LogP contribution in [-0.4, -0.2) is 61.5 Å². The summed E-state index contributed by atoms with van der Waals surface area (Å²) >= 11 is 0. The van der Waals surface area contributed by atoms with Crippen LogP contribution in [0.4, 0.5) is 0 Å². The molecule has 0 spiro atoms. The molecule has 1 aliphatic carbocycles. The standard InChI is InChI=1S/C14H28N2O2/c1-18-10-9-16(11-13-5-4-8-15-13)12-14(17)6-2-3-7-14/h13,15,17H,2-12H2,1H3. The third-order valence-electron chi connectivity index (χ3n) is 4.30. The number of nitrogens with one attached hydrogen (secondary N) is 1. The Labute approximate surface area is 111 Å². The van der Waals surface area contributed by atoms with Crippen molar-refractivity contribution in [2.45, 2.75) is 50.2 Å². The summed E-state index contributed by atoms with van der Waals surface area (Å²) in [7, 11) is 1.75. The van der Waals surface area contributed by atoms with Gasteiger partial charge in [0.05, 0.1) is 12.2 Å². The predicted molar refractivity (Wildman–Crippen MR) is 72.8 cm³/mol. The molecule has 4 nitrogen and oxygen atoms in total. The van der Waals surface area contributed by atoms with Gasteiger partial charge in [0.1, 0.15) is 0 Å². The lowest BCUT2D eigenvalue weighted by molar-refractivity contribution is 0.00127. The molecule has 1 saturated heterocycles. The van der Waals surface area contributed by atoms with E-state index in [0.717, 1.165) is 45.6 Å². The number of hydrogen-bond donors (Lipinski definition) is 2. The maximum Gasteiger partial charge on any atom is 0.0774 e. The van der Waals surface area contributed by atoms with E-state index in [1.807, 2.05) is 0 Å². The molecular weight excluding hydrogens is 228 g/mol. The van der Waals surface area contributed by atoms with E-state index in [2.05, 4.69) is 10.2 Å². The van der Waals surface area contributed by atoms with Crippen LogP contribution in [0, 0.1) is 0 Å². The molecule has 2 fully saturated rings. The Hall–Kier alpha value is -0.160. The summed E-state index contributed by atoms with van der Waals surface area (Å²) in [4.78, 5) is 2.39. The maximum atomic E-state index is 10.5. The van der Waals surface area contributed by atoms with Crippen molar-refractivity contribution in [3.05, 3.63) is 0 Å². The van der Waals surface area contributed by atoms with Crippen molar-refractivity contribution in [2.24, 2.45) is 0 Å². The van der Waals surface area contributed by atoms with Gasteiger partial charge < -0.3 is 15.2 Å². The molecular formula is C14H28N2O2. The van der Waals surface area contributed by atoms with E-state index in [9.17, 15) is 5.11 Å². The number of ether oxygens (including phenoxy) is 1. The summed E-state index contributed by atoms with van der Waals surface area (Å²) in [6.07, 6.45) is 6.84. The molecule has 0 amide bonds. The second-order valence-corrected chi connectivity index (χ2v) is 5.95. The predicted octanol–water partition coefficient (Wildman–Crippen LogP) is 0.992. The Balaban J connectivity index is 1.82. The molecule has 0 aromatic carbocycles. The molecule has 1 unspecified atom stereocenters. The van der Waals surface area contributed by atoms with E-state index in [1.165, 1.54) is 25.7 Å². The van der Waals surface area contributed by atoms with Crippen LogP contribution < -0.4 is 5.32 Å². The number of nitrogens with zero attached hydrogens (tertiary/aromatic N) is 1. The van der Waals surface area contributed by atoms with Gasteiger partial charge in [0.2, 0.25) is 0 Å². The Morgan fingerprint density at radius 2 is 2.11 bits per heavy atom. The summed E-state index contributed by atoms with van der Waals surface area (Å²) in [6, 6.07) is 0.604. The smallest absolute Gasteiger partial charge is 0.0774 e. The van der Waals surface area contributed by atoms with Crippen LogP contribution in [0.2, 0.25) is 0 Å². The minimum Gasteiger partial charge on any atom is -0.389 e. The minimum atomic E-state index is -0.438. The van der Waals surface area contributed by atoms with Gasteiger partial charge in [-0.1, -0.05) is 12.8 Å². The van der Waals surface area contributed by atoms with E-state index < -0.39 is 5.60 Å². The van der Waals surface area contributed by atoms with Crippen molar-refractivity contribution >= 4 is 0 Å². The van der Waals surface area contributed by atoms with E-state index in [1.54, 1.807) is 7.11 Å². The molecule has 2 aliphatic rings. The third kappa shape index (κ3) is 4.19. The summed E-state index contributed by atoms with van der Waals surface area (Å²) in [5.41, 5.74) is -0.438. The molecule has 1 aliphatic heterocycles. The largest absolute Gasteiger partial charge is 0.389 e. The molecule has 0 bridgehead atoms.